The second kappa shape index (κ2) is 14.8. The van der Waals surface area contributed by atoms with Crippen LogP contribution in [0.25, 0.3) is 0 Å². The van der Waals surface area contributed by atoms with Gasteiger partial charge in [-0.3, -0.25) is 9.69 Å². The first-order chi connectivity index (χ1) is 24.4. The van der Waals surface area contributed by atoms with E-state index < -0.39 is 21.8 Å². The minimum atomic E-state index is -3.53. The molecule has 2 aromatic rings. The molecular formula is C35H50FN7O7S. The number of aromatic nitrogens is 2. The van der Waals surface area contributed by atoms with Crippen LogP contribution in [-0.2, 0) is 19.7 Å². The summed E-state index contributed by atoms with van der Waals surface area (Å²) in [6, 6.07) is 3.43. The van der Waals surface area contributed by atoms with E-state index in [-0.39, 0.29) is 47.4 Å². The van der Waals surface area contributed by atoms with Gasteiger partial charge in [0.15, 0.2) is 17.4 Å². The Balaban J connectivity index is 0.934. The van der Waals surface area contributed by atoms with E-state index in [2.05, 4.69) is 24.5 Å². The highest BCUT2D eigenvalue weighted by molar-refractivity contribution is 7.87. The van der Waals surface area contributed by atoms with E-state index >= 15 is 0 Å². The number of hydrogen-bond donors (Lipinski definition) is 2. The van der Waals surface area contributed by atoms with Crippen molar-refractivity contribution in [3.05, 3.63) is 42.1 Å². The van der Waals surface area contributed by atoms with Crippen molar-refractivity contribution in [1.29, 1.82) is 0 Å². The first kappa shape index (κ1) is 36.4. The van der Waals surface area contributed by atoms with Gasteiger partial charge in [0.2, 0.25) is 0 Å². The van der Waals surface area contributed by atoms with E-state index in [1.165, 1.54) is 28.8 Å². The van der Waals surface area contributed by atoms with Crippen molar-refractivity contribution in [3.8, 4) is 11.5 Å². The van der Waals surface area contributed by atoms with Gasteiger partial charge in [-0.05, 0) is 83.7 Å². The number of likely N-dealkylation sites (tertiary alicyclic amines) is 1. The number of carbonyl (C=O) groups is 1. The fourth-order valence-electron chi connectivity index (χ4n) is 8.21. The summed E-state index contributed by atoms with van der Waals surface area (Å²) in [7, 11) is -3.53. The molecule has 1 aromatic carbocycles. The number of nitrogens with zero attached hydrogens (tertiary/aromatic N) is 6. The normalized spacial score (nSPS) is 27.2. The van der Waals surface area contributed by atoms with Gasteiger partial charge in [-0.15, -0.1) is 0 Å². The number of halogens is 1. The summed E-state index contributed by atoms with van der Waals surface area (Å²) in [5.41, 5.74) is 0.228. The van der Waals surface area contributed by atoms with Crippen LogP contribution >= 0.6 is 0 Å². The number of anilines is 1. The van der Waals surface area contributed by atoms with Gasteiger partial charge in [-0.2, -0.15) is 17.4 Å². The number of ether oxygens (including phenoxy) is 3. The van der Waals surface area contributed by atoms with E-state index in [1.807, 2.05) is 13.8 Å². The predicted octanol–water partition coefficient (Wildman–Crippen LogP) is 2.75. The van der Waals surface area contributed by atoms with Crippen molar-refractivity contribution >= 4 is 21.9 Å². The van der Waals surface area contributed by atoms with Gasteiger partial charge in [0.05, 0.1) is 37.6 Å². The number of β-amino-alcohol motifs (C(OH)–C–C–N with tert-alkyl or cyclic N) is 1. The lowest BCUT2D eigenvalue weighted by Gasteiger charge is -2.55. The fourth-order valence-corrected chi connectivity index (χ4v) is 9.70. The monoisotopic (exact) mass is 731 g/mol. The first-order valence-corrected chi connectivity index (χ1v) is 19.7. The number of hydrogen-bond acceptors (Lipinski definition) is 11. The summed E-state index contributed by atoms with van der Waals surface area (Å²) in [4.78, 5) is 28.7. The third kappa shape index (κ3) is 8.01. The first-order valence-electron chi connectivity index (χ1n) is 18.2. The van der Waals surface area contributed by atoms with E-state index in [0.717, 1.165) is 58.3 Å². The molecule has 0 unspecified atom stereocenters. The van der Waals surface area contributed by atoms with Gasteiger partial charge < -0.3 is 29.1 Å². The minimum Gasteiger partial charge on any atom is -0.451 e. The molecule has 0 aliphatic carbocycles. The zero-order valence-electron chi connectivity index (χ0n) is 29.5. The van der Waals surface area contributed by atoms with Crippen molar-refractivity contribution in [1.82, 2.24) is 28.8 Å². The highest BCUT2D eigenvalue weighted by atomic mass is 32.2. The lowest BCUT2D eigenvalue weighted by Crippen LogP contribution is -2.62. The highest BCUT2D eigenvalue weighted by Gasteiger charge is 2.47. The maximum absolute atomic E-state index is 14.5. The second-order valence-corrected chi connectivity index (χ2v) is 16.8. The molecule has 7 rings (SSSR count). The molecule has 5 fully saturated rings. The summed E-state index contributed by atoms with van der Waals surface area (Å²) < 4.78 is 61.8. The molecule has 1 amide bonds. The van der Waals surface area contributed by atoms with Gasteiger partial charge in [-0.25, -0.2) is 14.4 Å². The third-order valence-electron chi connectivity index (χ3n) is 11.0. The molecule has 5 saturated heterocycles. The Morgan fingerprint density at radius 2 is 1.88 bits per heavy atom. The van der Waals surface area contributed by atoms with E-state index in [4.69, 9.17) is 14.2 Å². The Morgan fingerprint density at radius 1 is 1.12 bits per heavy atom. The van der Waals surface area contributed by atoms with Gasteiger partial charge in [-0.1, -0.05) is 0 Å². The lowest BCUT2D eigenvalue weighted by molar-refractivity contribution is -0.239. The minimum absolute atomic E-state index is 0.0891. The molecular weight excluding hydrogens is 681 g/mol. The number of rotatable bonds is 11. The van der Waals surface area contributed by atoms with Crippen LogP contribution in [0.2, 0.25) is 0 Å². The molecule has 5 aliphatic rings. The van der Waals surface area contributed by atoms with E-state index in [0.29, 0.717) is 57.3 Å². The summed E-state index contributed by atoms with van der Waals surface area (Å²) in [6.45, 7) is 9.65. The van der Waals surface area contributed by atoms with Gasteiger partial charge in [0.25, 0.3) is 16.1 Å². The molecule has 0 radical (unpaired) electrons. The number of carbonyl (C=O) groups excluding carboxylic acids is 1. The molecule has 3 atom stereocenters. The van der Waals surface area contributed by atoms with Crippen LogP contribution in [0.3, 0.4) is 0 Å². The standard InChI is InChI=1S/C35H50FN7O7S/c1-25(2)43(28-8-16-48-20-28)33(44)29-17-26(36)5-6-30(29)50-31-18-37-24-38-32(31)41-21-34(22-41)10-14-40(15-11-34)23-35(45)9-7-27(19-49-35)39-51(46,47)42-12-3-4-13-42/h5-6,17-18,24-25,27-28,39,45H,3-4,7-16,19-23H2,1-2H3/t27-,28+,35-/m1/s1. The number of amides is 1. The number of aliphatic hydroxyl groups is 1. The van der Waals surface area contributed by atoms with Crippen LogP contribution in [0.15, 0.2) is 30.7 Å². The summed E-state index contributed by atoms with van der Waals surface area (Å²) in [5, 5.41) is 11.2. The van der Waals surface area contributed by atoms with Gasteiger partial charge >= 0.3 is 0 Å². The molecule has 51 heavy (non-hydrogen) atoms. The Labute approximate surface area is 299 Å². The van der Waals surface area contributed by atoms with Crippen molar-refractivity contribution in [2.75, 3.05) is 70.5 Å². The molecule has 280 valence electrons. The molecule has 1 aromatic heterocycles. The molecule has 1 spiro atoms. The van der Waals surface area contributed by atoms with Crippen molar-refractivity contribution in [3.63, 3.8) is 0 Å². The summed E-state index contributed by atoms with van der Waals surface area (Å²) in [5.74, 6) is -0.897. The number of nitrogens with one attached hydrogen (secondary N) is 1. The maximum atomic E-state index is 14.5. The maximum Gasteiger partial charge on any atom is 0.279 e. The van der Waals surface area contributed by atoms with E-state index in [9.17, 15) is 22.7 Å². The molecule has 0 bridgehead atoms. The van der Waals surface area contributed by atoms with Crippen molar-refractivity contribution in [2.24, 2.45) is 5.41 Å². The molecule has 5 aliphatic heterocycles. The third-order valence-corrected chi connectivity index (χ3v) is 12.7. The van der Waals surface area contributed by atoms with Crippen LogP contribution in [-0.4, -0.2) is 133 Å². The molecule has 6 heterocycles. The highest BCUT2D eigenvalue weighted by Crippen LogP contribution is 2.45. The Morgan fingerprint density at radius 3 is 2.55 bits per heavy atom. The van der Waals surface area contributed by atoms with Crippen LogP contribution in [0.1, 0.15) is 69.2 Å². The van der Waals surface area contributed by atoms with Crippen LogP contribution in [0, 0.1) is 11.2 Å². The lowest BCUT2D eigenvalue weighted by atomic mass is 9.72. The zero-order chi connectivity index (χ0) is 35.8. The topological polar surface area (TPSA) is 150 Å². The van der Waals surface area contributed by atoms with Crippen LogP contribution in [0.4, 0.5) is 10.2 Å². The van der Waals surface area contributed by atoms with Crippen LogP contribution < -0.4 is 14.4 Å². The molecule has 14 nitrogen and oxygen atoms in total. The Hall–Kier alpha value is -2.99. The van der Waals surface area contributed by atoms with Crippen LogP contribution in [0.5, 0.6) is 11.5 Å². The average molecular weight is 732 g/mol. The molecule has 0 saturated carbocycles. The molecule has 16 heteroatoms. The van der Waals surface area contributed by atoms with Crippen molar-refractivity contribution in [2.45, 2.75) is 82.7 Å². The van der Waals surface area contributed by atoms with E-state index in [1.54, 1.807) is 11.1 Å². The Kier molecular flexibility index (Phi) is 10.6. The van der Waals surface area contributed by atoms with Gasteiger partial charge in [0, 0.05) is 56.7 Å². The largest absolute Gasteiger partial charge is 0.451 e. The number of benzene rings is 1. The fraction of sp³-hybridized carbons (Fsp3) is 0.686. The zero-order valence-corrected chi connectivity index (χ0v) is 30.3. The summed E-state index contributed by atoms with van der Waals surface area (Å²) in [6.07, 6.45) is 8.27. The smallest absolute Gasteiger partial charge is 0.279 e. The SMILES string of the molecule is CC(C)N(C(=O)c1cc(F)ccc1Oc1cncnc1N1CC2(CCN(C[C@@]3(O)CC[C@@H](NS(=O)(=O)N4CCCC4)CO3)CC2)C1)[C@H]1CCOC1. The van der Waals surface area contributed by atoms with Gasteiger partial charge in [0.1, 0.15) is 17.9 Å². The summed E-state index contributed by atoms with van der Waals surface area (Å²) >= 11 is 0. The quantitative estimate of drug-likeness (QED) is 0.352. The average Bonchev–Trinajstić information content (AvgIpc) is 3.83. The molecule has 2 N–H and O–H groups in total. The Bertz CT molecular complexity index is 1650. The second-order valence-electron chi connectivity index (χ2n) is 15.1. The predicted molar refractivity (Wildman–Crippen MR) is 186 cm³/mol. The van der Waals surface area contributed by atoms with Crippen molar-refractivity contribution < 1.29 is 36.9 Å². The number of piperidine rings is 1.